The number of hydrogen-bond donors (Lipinski definition) is 0. The van der Waals surface area contributed by atoms with Crippen LogP contribution < -0.4 is 0 Å². The summed E-state index contributed by atoms with van der Waals surface area (Å²) in [5.41, 5.74) is 8.32. The highest BCUT2D eigenvalue weighted by Gasteiger charge is 2.33. The van der Waals surface area contributed by atoms with Gasteiger partial charge in [0, 0.05) is 35.1 Å². The van der Waals surface area contributed by atoms with Crippen molar-refractivity contribution in [3.05, 3.63) is 81.6 Å². The molecule has 0 fully saturated rings. The van der Waals surface area contributed by atoms with Gasteiger partial charge in [0.2, 0.25) is 0 Å². The molecule has 0 unspecified atom stereocenters. The maximum atomic E-state index is 14.1. The molecule has 5 aromatic rings. The molecule has 0 atom stereocenters. The second-order valence-electron chi connectivity index (χ2n) is 13.3. The van der Waals surface area contributed by atoms with Gasteiger partial charge in [-0.2, -0.15) is 5.10 Å². The number of pyridine rings is 1. The van der Waals surface area contributed by atoms with Crippen molar-refractivity contribution in [2.75, 3.05) is 13.1 Å². The van der Waals surface area contributed by atoms with Gasteiger partial charge >= 0.3 is 12.2 Å². The Hall–Kier alpha value is -4.44. The van der Waals surface area contributed by atoms with Crippen molar-refractivity contribution in [3.8, 4) is 11.3 Å². The van der Waals surface area contributed by atoms with Crippen LogP contribution in [0.15, 0.2) is 48.9 Å². The molecular formula is C36H41N5O4S. The average Bonchev–Trinajstić information content (AvgIpc) is 3.71. The third kappa shape index (κ3) is 5.70. The number of carbonyl (C=O) groups excluding carboxylic acids is 2. The van der Waals surface area contributed by atoms with Crippen LogP contribution in [0.25, 0.3) is 32.7 Å². The van der Waals surface area contributed by atoms with Crippen molar-refractivity contribution < 1.29 is 19.1 Å². The minimum absolute atomic E-state index is 0.115. The van der Waals surface area contributed by atoms with Crippen molar-refractivity contribution in [2.24, 2.45) is 0 Å². The van der Waals surface area contributed by atoms with Crippen LogP contribution in [0, 0.1) is 20.8 Å². The maximum absolute atomic E-state index is 14.1. The van der Waals surface area contributed by atoms with Crippen molar-refractivity contribution in [1.82, 2.24) is 24.1 Å². The summed E-state index contributed by atoms with van der Waals surface area (Å²) in [7, 11) is 0. The van der Waals surface area contributed by atoms with Gasteiger partial charge in [0.25, 0.3) is 0 Å². The lowest BCUT2D eigenvalue weighted by Crippen LogP contribution is -2.35. The molecule has 1 aromatic carbocycles. The van der Waals surface area contributed by atoms with Crippen LogP contribution in [-0.4, -0.2) is 54.9 Å². The zero-order chi connectivity index (χ0) is 32.9. The van der Waals surface area contributed by atoms with E-state index < -0.39 is 11.7 Å². The first-order valence-corrected chi connectivity index (χ1v) is 16.5. The van der Waals surface area contributed by atoms with E-state index in [-0.39, 0.29) is 18.6 Å². The van der Waals surface area contributed by atoms with Crippen LogP contribution in [-0.2, 0) is 16.1 Å². The van der Waals surface area contributed by atoms with Crippen molar-refractivity contribution in [3.63, 3.8) is 0 Å². The Bertz CT molecular complexity index is 1990. The maximum Gasteiger partial charge on any atom is 0.420 e. The lowest BCUT2D eigenvalue weighted by Gasteiger charge is -2.26. The number of aromatic nitrogens is 4. The molecule has 6 rings (SSSR count). The summed E-state index contributed by atoms with van der Waals surface area (Å²) in [4.78, 5) is 35.1. The SMILES string of the molecule is Cc1c(-c2c(C(C)C)c3c(C)c(C4=CCN(C(=O)OCc5ccccc5)CC4)sc3n2C(=O)OC(C)(C)C)cn2ncnc2c1C. The highest BCUT2D eigenvalue weighted by Crippen LogP contribution is 2.48. The van der Waals surface area contributed by atoms with Crippen LogP contribution in [0.3, 0.4) is 0 Å². The predicted octanol–water partition coefficient (Wildman–Crippen LogP) is 8.67. The van der Waals surface area contributed by atoms with E-state index in [9.17, 15) is 9.59 Å². The molecule has 1 aliphatic rings. The Morgan fingerprint density at radius 3 is 2.41 bits per heavy atom. The summed E-state index contributed by atoms with van der Waals surface area (Å²) >= 11 is 1.62. The quantitative estimate of drug-likeness (QED) is 0.191. The highest BCUT2D eigenvalue weighted by molar-refractivity contribution is 7.20. The summed E-state index contributed by atoms with van der Waals surface area (Å²) in [6, 6.07) is 9.70. The number of benzene rings is 1. The molecule has 1 aliphatic heterocycles. The number of aryl methyl sites for hydroxylation is 2. The third-order valence-corrected chi connectivity index (χ3v) is 9.93. The van der Waals surface area contributed by atoms with Gasteiger partial charge in [-0.1, -0.05) is 50.3 Å². The first kappa shape index (κ1) is 31.5. The predicted molar refractivity (Wildman–Crippen MR) is 183 cm³/mol. The smallest absolute Gasteiger partial charge is 0.420 e. The number of ether oxygens (including phenoxy) is 2. The second kappa shape index (κ2) is 12.1. The van der Waals surface area contributed by atoms with Gasteiger partial charge in [0.1, 0.15) is 23.4 Å². The topological polar surface area (TPSA) is 91.0 Å². The molecule has 46 heavy (non-hydrogen) atoms. The first-order chi connectivity index (χ1) is 21.9. The van der Waals surface area contributed by atoms with E-state index >= 15 is 0 Å². The Morgan fingerprint density at radius 2 is 1.76 bits per heavy atom. The fourth-order valence-corrected chi connectivity index (χ4v) is 7.61. The molecule has 240 valence electrons. The summed E-state index contributed by atoms with van der Waals surface area (Å²) in [6.07, 6.45) is 5.62. The van der Waals surface area contributed by atoms with Crippen molar-refractivity contribution >= 4 is 45.0 Å². The van der Waals surface area contributed by atoms with Gasteiger partial charge in [-0.25, -0.2) is 23.7 Å². The molecule has 9 nitrogen and oxygen atoms in total. The van der Waals surface area contributed by atoms with Gasteiger partial charge in [-0.05, 0) is 87.3 Å². The minimum Gasteiger partial charge on any atom is -0.445 e. The van der Waals surface area contributed by atoms with E-state index in [4.69, 9.17) is 9.47 Å². The lowest BCUT2D eigenvalue weighted by atomic mass is 9.92. The zero-order valence-corrected chi connectivity index (χ0v) is 28.6. The summed E-state index contributed by atoms with van der Waals surface area (Å²) < 4.78 is 15.2. The van der Waals surface area contributed by atoms with Crippen molar-refractivity contribution in [1.29, 1.82) is 0 Å². The van der Waals surface area contributed by atoms with Crippen LogP contribution >= 0.6 is 11.3 Å². The molecule has 0 N–H and O–H groups in total. The van der Waals surface area contributed by atoms with E-state index in [0.29, 0.717) is 19.5 Å². The third-order valence-electron chi connectivity index (χ3n) is 8.58. The van der Waals surface area contributed by atoms with Gasteiger partial charge in [0.05, 0.1) is 5.69 Å². The lowest BCUT2D eigenvalue weighted by molar-refractivity contribution is 0.0547. The summed E-state index contributed by atoms with van der Waals surface area (Å²) in [5.74, 6) is 0.115. The van der Waals surface area contributed by atoms with Gasteiger partial charge in [-0.3, -0.25) is 0 Å². The molecule has 5 heterocycles. The standard InChI is InChI=1S/C36H41N5O4S/c1-21(2)28-29-24(5)31(26-14-16-39(17-15-26)34(42)44-19-25-12-10-9-11-13-25)46-33(29)41(35(43)45-36(6,7)8)30(28)27-18-40-32(37-20-38-40)23(4)22(27)3/h9-14,18,20-21H,15-17,19H2,1-8H3. The van der Waals surface area contributed by atoms with E-state index in [1.54, 1.807) is 31.6 Å². The summed E-state index contributed by atoms with van der Waals surface area (Å²) in [5, 5.41) is 5.51. The van der Waals surface area contributed by atoms with Crippen LogP contribution in [0.1, 0.15) is 79.7 Å². The number of amides is 1. The summed E-state index contributed by atoms with van der Waals surface area (Å²) in [6.45, 7) is 17.5. The molecule has 0 radical (unpaired) electrons. The molecular weight excluding hydrogens is 598 g/mol. The number of nitrogens with zero attached hydrogens (tertiary/aromatic N) is 5. The van der Waals surface area contributed by atoms with E-state index in [0.717, 1.165) is 59.8 Å². The van der Waals surface area contributed by atoms with Crippen molar-refractivity contribution in [2.45, 2.75) is 79.9 Å². The molecule has 0 bridgehead atoms. The molecule has 0 saturated heterocycles. The minimum atomic E-state index is -0.677. The average molecular weight is 640 g/mol. The first-order valence-electron chi connectivity index (χ1n) is 15.7. The number of fused-ring (bicyclic) bond motifs is 2. The Morgan fingerprint density at radius 1 is 1.02 bits per heavy atom. The van der Waals surface area contributed by atoms with Gasteiger partial charge < -0.3 is 14.4 Å². The van der Waals surface area contributed by atoms with Crippen LogP contribution in [0.5, 0.6) is 0 Å². The normalized spacial score (nSPS) is 13.9. The Kier molecular flexibility index (Phi) is 8.27. The molecule has 1 amide bonds. The fraction of sp³-hybridized carbons (Fsp3) is 0.389. The van der Waals surface area contributed by atoms with Gasteiger partial charge in [0.15, 0.2) is 5.65 Å². The number of hydrogen-bond acceptors (Lipinski definition) is 7. The molecule has 0 saturated carbocycles. The Labute approximate surface area is 273 Å². The Balaban J connectivity index is 1.43. The van der Waals surface area contributed by atoms with Gasteiger partial charge in [-0.15, -0.1) is 11.3 Å². The highest BCUT2D eigenvalue weighted by atomic mass is 32.1. The molecule has 10 heteroatoms. The zero-order valence-electron chi connectivity index (χ0n) is 27.8. The number of carbonyl (C=O) groups is 2. The second-order valence-corrected chi connectivity index (χ2v) is 14.3. The number of thiophene rings is 1. The van der Waals surface area contributed by atoms with E-state index in [2.05, 4.69) is 43.9 Å². The largest absolute Gasteiger partial charge is 0.445 e. The van der Waals surface area contributed by atoms with Crippen LogP contribution in [0.2, 0.25) is 0 Å². The molecule has 0 spiro atoms. The molecule has 0 aliphatic carbocycles. The van der Waals surface area contributed by atoms with E-state index in [1.165, 1.54) is 5.57 Å². The number of rotatable bonds is 5. The van der Waals surface area contributed by atoms with Crippen LogP contribution in [0.4, 0.5) is 9.59 Å². The monoisotopic (exact) mass is 639 g/mol. The fourth-order valence-electron chi connectivity index (χ4n) is 6.22. The molecule has 4 aromatic heterocycles. The van der Waals surface area contributed by atoms with E-state index in [1.807, 2.05) is 64.2 Å².